The van der Waals surface area contributed by atoms with Gasteiger partial charge in [-0.2, -0.15) is 0 Å². The Balaban J connectivity index is 1.54. The number of hydrogen-bond acceptors (Lipinski definition) is 6. The molecule has 1 N–H and O–H groups in total. The van der Waals surface area contributed by atoms with Crippen LogP contribution in [0.15, 0.2) is 54.6 Å². The fourth-order valence-electron chi connectivity index (χ4n) is 2.37. The summed E-state index contributed by atoms with van der Waals surface area (Å²) >= 11 is 1.45. The number of amides is 1. The molecule has 0 saturated heterocycles. The average molecular weight is 380 g/mol. The van der Waals surface area contributed by atoms with Crippen LogP contribution in [-0.4, -0.2) is 29.3 Å². The summed E-state index contributed by atoms with van der Waals surface area (Å²) in [6.07, 6.45) is 2.78. The second-order valence-corrected chi connectivity index (χ2v) is 6.67. The Kier molecular flexibility index (Phi) is 5.73. The van der Waals surface area contributed by atoms with Gasteiger partial charge in [-0.1, -0.05) is 24.3 Å². The molecule has 1 heterocycles. The summed E-state index contributed by atoms with van der Waals surface area (Å²) in [6.45, 7) is 0.965. The largest absolute Gasteiger partial charge is 0.452 e. The van der Waals surface area contributed by atoms with Crippen molar-refractivity contribution in [2.24, 2.45) is 0 Å². The van der Waals surface area contributed by atoms with Gasteiger partial charge in [0.25, 0.3) is 5.91 Å². The number of esters is 1. The summed E-state index contributed by atoms with van der Waals surface area (Å²) in [5.41, 5.74) is 1.64. The van der Waals surface area contributed by atoms with Crippen molar-refractivity contribution in [2.75, 3.05) is 11.9 Å². The number of thiazole rings is 1. The molecule has 3 rings (SSSR count). The van der Waals surface area contributed by atoms with Gasteiger partial charge in [-0.15, -0.1) is 11.3 Å². The lowest BCUT2D eigenvalue weighted by molar-refractivity contribution is -0.142. The molecule has 136 valence electrons. The zero-order chi connectivity index (χ0) is 19.2. The monoisotopic (exact) mass is 380 g/mol. The van der Waals surface area contributed by atoms with Gasteiger partial charge in [0.05, 0.1) is 15.9 Å². The quantitative estimate of drug-likeness (QED) is 0.400. The van der Waals surface area contributed by atoms with Gasteiger partial charge < -0.3 is 10.1 Å². The second kappa shape index (κ2) is 8.37. The molecule has 2 aromatic carbocycles. The molecular formula is C20H16N2O4S. The highest BCUT2D eigenvalue weighted by atomic mass is 32.1. The van der Waals surface area contributed by atoms with Crippen LogP contribution < -0.4 is 5.32 Å². The number of benzene rings is 2. The molecule has 7 heteroatoms. The predicted octanol–water partition coefficient (Wildman–Crippen LogP) is 3.69. The predicted molar refractivity (Wildman–Crippen MR) is 105 cm³/mol. The van der Waals surface area contributed by atoms with Crippen LogP contribution in [0.25, 0.3) is 16.3 Å². The van der Waals surface area contributed by atoms with Gasteiger partial charge in [0.2, 0.25) is 0 Å². The van der Waals surface area contributed by atoms with E-state index < -0.39 is 18.5 Å². The molecule has 0 atom stereocenters. The highest BCUT2D eigenvalue weighted by Gasteiger charge is 2.11. The summed E-state index contributed by atoms with van der Waals surface area (Å²) in [7, 11) is 0. The van der Waals surface area contributed by atoms with E-state index >= 15 is 0 Å². The van der Waals surface area contributed by atoms with Gasteiger partial charge >= 0.3 is 5.97 Å². The van der Waals surface area contributed by atoms with Crippen LogP contribution in [0.2, 0.25) is 0 Å². The van der Waals surface area contributed by atoms with E-state index in [2.05, 4.69) is 10.3 Å². The van der Waals surface area contributed by atoms with E-state index in [4.69, 9.17) is 4.74 Å². The van der Waals surface area contributed by atoms with Crippen LogP contribution in [0.5, 0.6) is 0 Å². The minimum absolute atomic E-state index is 0.165. The molecule has 0 unspecified atom stereocenters. The lowest BCUT2D eigenvalue weighted by Crippen LogP contribution is -2.21. The van der Waals surface area contributed by atoms with Crippen molar-refractivity contribution in [1.82, 2.24) is 4.98 Å². The lowest BCUT2D eigenvalue weighted by Gasteiger charge is -2.08. The van der Waals surface area contributed by atoms with Crippen LogP contribution in [0.4, 0.5) is 5.69 Å². The number of para-hydroxylation sites is 2. The normalized spacial score (nSPS) is 10.9. The smallest absolute Gasteiger partial charge is 0.331 e. The molecule has 0 saturated carbocycles. The third kappa shape index (κ3) is 4.86. The highest BCUT2D eigenvalue weighted by Crippen LogP contribution is 2.22. The third-order valence-corrected chi connectivity index (χ3v) is 4.60. The number of nitrogens with zero attached hydrogens (tertiary/aromatic N) is 1. The fourth-order valence-corrected chi connectivity index (χ4v) is 3.24. The van der Waals surface area contributed by atoms with Gasteiger partial charge in [0, 0.05) is 11.6 Å². The Morgan fingerprint density at radius 2 is 1.85 bits per heavy atom. The van der Waals surface area contributed by atoms with Crippen LogP contribution in [0.1, 0.15) is 22.3 Å². The maximum atomic E-state index is 11.9. The number of carbonyl (C=O) groups is 3. The molecule has 0 spiro atoms. The van der Waals surface area contributed by atoms with Crippen molar-refractivity contribution in [3.8, 4) is 0 Å². The van der Waals surface area contributed by atoms with Crippen molar-refractivity contribution < 1.29 is 19.1 Å². The Morgan fingerprint density at radius 1 is 1.11 bits per heavy atom. The summed E-state index contributed by atoms with van der Waals surface area (Å²) in [5.74, 6) is -1.34. The molecule has 0 aliphatic carbocycles. The van der Waals surface area contributed by atoms with E-state index in [1.165, 1.54) is 24.3 Å². The number of hydrogen-bond donors (Lipinski definition) is 1. The minimum Gasteiger partial charge on any atom is -0.452 e. The first-order chi connectivity index (χ1) is 13.0. The van der Waals surface area contributed by atoms with Crippen LogP contribution in [0.3, 0.4) is 0 Å². The summed E-state index contributed by atoms with van der Waals surface area (Å²) in [4.78, 5) is 39.7. The lowest BCUT2D eigenvalue weighted by atomic mass is 10.1. The van der Waals surface area contributed by atoms with Crippen molar-refractivity contribution in [1.29, 1.82) is 0 Å². The second-order valence-electron chi connectivity index (χ2n) is 5.61. The topological polar surface area (TPSA) is 85.4 Å². The van der Waals surface area contributed by atoms with Gasteiger partial charge in [-0.3, -0.25) is 9.59 Å². The first-order valence-electron chi connectivity index (χ1n) is 8.13. The molecule has 6 nitrogen and oxygen atoms in total. The van der Waals surface area contributed by atoms with Crippen LogP contribution >= 0.6 is 11.3 Å². The molecule has 0 aliphatic rings. The molecule has 1 amide bonds. The number of nitrogens with one attached hydrogen (secondary N) is 1. The maximum absolute atomic E-state index is 11.9. The zero-order valence-electron chi connectivity index (χ0n) is 14.5. The Hall–Kier alpha value is -3.32. The molecule has 0 fully saturated rings. The summed E-state index contributed by atoms with van der Waals surface area (Å²) in [6, 6.07) is 14.3. The van der Waals surface area contributed by atoms with Crippen LogP contribution in [0, 0.1) is 0 Å². The number of rotatable bonds is 6. The number of ketones is 1. The number of aromatic nitrogens is 1. The van der Waals surface area contributed by atoms with E-state index in [0.717, 1.165) is 10.2 Å². The highest BCUT2D eigenvalue weighted by molar-refractivity contribution is 7.19. The van der Waals surface area contributed by atoms with Crippen molar-refractivity contribution in [2.45, 2.75) is 6.92 Å². The molecular weight excluding hydrogens is 364 g/mol. The summed E-state index contributed by atoms with van der Waals surface area (Å²) < 4.78 is 5.95. The molecule has 0 radical (unpaired) electrons. The van der Waals surface area contributed by atoms with E-state index in [1.54, 1.807) is 30.3 Å². The maximum Gasteiger partial charge on any atom is 0.331 e. The number of fused-ring (bicyclic) bond motifs is 1. The molecule has 27 heavy (non-hydrogen) atoms. The molecule has 0 aliphatic heterocycles. The van der Waals surface area contributed by atoms with Crippen LogP contribution in [-0.2, 0) is 14.3 Å². The van der Waals surface area contributed by atoms with E-state index in [0.29, 0.717) is 16.3 Å². The summed E-state index contributed by atoms with van der Waals surface area (Å²) in [5, 5.41) is 3.24. The fraction of sp³-hybridized carbons (Fsp3) is 0.100. The van der Waals surface area contributed by atoms with Crippen molar-refractivity contribution in [3.63, 3.8) is 0 Å². The minimum atomic E-state index is -0.649. The first kappa shape index (κ1) is 18.5. The van der Waals surface area contributed by atoms with Gasteiger partial charge in [-0.25, -0.2) is 9.78 Å². The van der Waals surface area contributed by atoms with Crippen molar-refractivity contribution in [3.05, 3.63) is 65.2 Å². The Bertz CT molecular complexity index is 1010. The molecule has 3 aromatic rings. The number of Topliss-reactive ketones (excluding diaryl/α,β-unsaturated/α-hetero) is 1. The SMILES string of the molecule is CC(=O)c1ccccc1NC(=O)COC(=O)/C=C/c1nc2ccccc2s1. The molecule has 0 bridgehead atoms. The number of anilines is 1. The Labute approximate surface area is 159 Å². The average Bonchev–Trinajstić information content (AvgIpc) is 3.08. The standard InChI is InChI=1S/C20H16N2O4S/c1-13(23)14-6-2-3-7-15(14)21-18(24)12-26-20(25)11-10-19-22-16-8-4-5-9-17(16)27-19/h2-11H,12H2,1H3,(H,21,24)/b11-10+. The van der Waals surface area contributed by atoms with Gasteiger partial charge in [0.15, 0.2) is 12.4 Å². The van der Waals surface area contributed by atoms with Crippen molar-refractivity contribution >= 4 is 51.0 Å². The van der Waals surface area contributed by atoms with Gasteiger partial charge in [0.1, 0.15) is 5.01 Å². The number of carbonyl (C=O) groups excluding carboxylic acids is 3. The van der Waals surface area contributed by atoms with E-state index in [-0.39, 0.29) is 5.78 Å². The zero-order valence-corrected chi connectivity index (χ0v) is 15.3. The number of ether oxygens (including phenoxy) is 1. The van der Waals surface area contributed by atoms with Gasteiger partial charge in [-0.05, 0) is 37.3 Å². The first-order valence-corrected chi connectivity index (χ1v) is 8.95. The van der Waals surface area contributed by atoms with E-state index in [1.807, 2.05) is 24.3 Å². The Morgan fingerprint density at radius 3 is 2.63 bits per heavy atom. The van der Waals surface area contributed by atoms with E-state index in [9.17, 15) is 14.4 Å². The molecule has 1 aromatic heterocycles. The third-order valence-electron chi connectivity index (χ3n) is 3.60.